The lowest BCUT2D eigenvalue weighted by Crippen LogP contribution is -2.61. The molecule has 13 heteroatoms. The number of carbonyl (C=O) groups is 3. The minimum atomic E-state index is -1.14. The number of methoxy groups -OCH3 is 1. The van der Waals surface area contributed by atoms with Crippen LogP contribution in [0.3, 0.4) is 0 Å². The fourth-order valence-corrected chi connectivity index (χ4v) is 8.20. The minimum absolute atomic E-state index is 0.0280. The van der Waals surface area contributed by atoms with Crippen molar-refractivity contribution < 1.29 is 43.2 Å². The number of aliphatic hydroxyl groups is 1. The van der Waals surface area contributed by atoms with E-state index < -0.39 is 65.7 Å². The van der Waals surface area contributed by atoms with Gasteiger partial charge in [-0.05, 0) is 92.8 Å². The summed E-state index contributed by atoms with van der Waals surface area (Å²) in [4.78, 5) is 42.7. The van der Waals surface area contributed by atoms with Crippen molar-refractivity contribution >= 4 is 17.8 Å². The standard InChI is InChI=1S/C36H64N4O9/c1-12-26-36(13-2)29(39-33(44)49-36)23(6)37-18-20(3)17-35(8,45-11)30(21(4)27(41)22(5)31(43)47-26)48-32-28(42)25(40(9)10)16-24(46-32)19-38-34(7)14-15-34/h20-26,28-30,32,37-38,42H,12-19H2,1-11H3,(H,39,44)/t20-,21+,22?,23-,24?,25?,26-,28?,29-,30-,32?,35-,36-/m1/s1. The number of carbonyl (C=O) groups excluding carboxylic acids is 3. The number of nitrogens with one attached hydrogen (secondary N) is 3. The molecule has 0 aromatic heterocycles. The zero-order chi connectivity index (χ0) is 36.5. The summed E-state index contributed by atoms with van der Waals surface area (Å²) in [5, 5.41) is 21.8. The first-order chi connectivity index (χ1) is 22.9. The molecule has 3 aliphatic heterocycles. The maximum atomic E-state index is 14.3. The summed E-state index contributed by atoms with van der Waals surface area (Å²) in [6.45, 7) is 16.4. The number of hydrogen-bond acceptors (Lipinski definition) is 12. The van der Waals surface area contributed by atoms with Gasteiger partial charge in [-0.1, -0.05) is 27.7 Å². The first kappa shape index (κ1) is 39.9. The van der Waals surface area contributed by atoms with E-state index in [1.54, 1.807) is 21.0 Å². The van der Waals surface area contributed by atoms with Crippen molar-refractivity contribution in [1.29, 1.82) is 0 Å². The molecular weight excluding hydrogens is 632 g/mol. The zero-order valence-corrected chi connectivity index (χ0v) is 31.7. The van der Waals surface area contributed by atoms with Crippen LogP contribution in [-0.4, -0.2) is 128 Å². The SMILES string of the molecule is CC[C@H]1OC(=O)C(C)C(=O)[C@H](C)[C@@H](OC2OC(CNC3(C)CC3)CC(N(C)C)C2O)[C@](C)(OC)C[C@@H](C)CN[C@H](C)[C@H]2NC(=O)O[C@@]21CC. The Morgan fingerprint density at radius 2 is 1.76 bits per heavy atom. The van der Waals surface area contributed by atoms with Gasteiger partial charge in [0.15, 0.2) is 17.7 Å². The normalized spacial score (nSPS) is 43.5. The maximum absolute atomic E-state index is 14.3. The highest BCUT2D eigenvalue weighted by Gasteiger charge is 2.57. The number of rotatable bonds is 9. The van der Waals surface area contributed by atoms with Crippen molar-refractivity contribution in [2.24, 2.45) is 17.8 Å². The molecule has 1 saturated carbocycles. The first-order valence-corrected chi connectivity index (χ1v) is 18.4. The Morgan fingerprint density at radius 1 is 1.08 bits per heavy atom. The van der Waals surface area contributed by atoms with Gasteiger partial charge in [-0.3, -0.25) is 9.59 Å². The second-order valence-electron chi connectivity index (χ2n) is 16.0. The van der Waals surface area contributed by atoms with E-state index in [0.29, 0.717) is 38.8 Å². The largest absolute Gasteiger partial charge is 0.457 e. The van der Waals surface area contributed by atoms with Crippen molar-refractivity contribution in [2.45, 2.75) is 159 Å². The van der Waals surface area contributed by atoms with Gasteiger partial charge in [0, 0.05) is 37.2 Å². The topological polar surface area (TPSA) is 157 Å². The fourth-order valence-electron chi connectivity index (χ4n) is 8.20. The third-order valence-corrected chi connectivity index (χ3v) is 11.8. The van der Waals surface area contributed by atoms with E-state index in [4.69, 9.17) is 23.7 Å². The van der Waals surface area contributed by atoms with Crippen LogP contribution in [0.1, 0.15) is 93.9 Å². The van der Waals surface area contributed by atoms with E-state index in [9.17, 15) is 19.5 Å². The van der Waals surface area contributed by atoms with Crippen molar-refractivity contribution in [2.75, 3.05) is 34.3 Å². The van der Waals surface area contributed by atoms with Crippen molar-refractivity contribution in [3.8, 4) is 0 Å². The van der Waals surface area contributed by atoms with Gasteiger partial charge in [0.1, 0.15) is 18.1 Å². The van der Waals surface area contributed by atoms with E-state index in [1.807, 2.05) is 46.7 Å². The smallest absolute Gasteiger partial charge is 0.408 e. The van der Waals surface area contributed by atoms with Crippen LogP contribution in [0.15, 0.2) is 0 Å². The van der Waals surface area contributed by atoms with Gasteiger partial charge >= 0.3 is 12.1 Å². The summed E-state index contributed by atoms with van der Waals surface area (Å²) in [5.41, 5.74) is -2.02. The molecule has 3 heterocycles. The minimum Gasteiger partial charge on any atom is -0.457 e. The molecule has 13 nitrogen and oxygen atoms in total. The predicted octanol–water partition coefficient (Wildman–Crippen LogP) is 2.76. The zero-order valence-electron chi connectivity index (χ0n) is 31.7. The Morgan fingerprint density at radius 3 is 2.33 bits per heavy atom. The summed E-state index contributed by atoms with van der Waals surface area (Å²) in [6.07, 6.45) is -0.355. The van der Waals surface area contributed by atoms with Gasteiger partial charge in [0.2, 0.25) is 0 Å². The lowest BCUT2D eigenvalue weighted by Gasteiger charge is -2.47. The highest BCUT2D eigenvalue weighted by atomic mass is 16.7. The molecule has 1 amide bonds. The van der Waals surface area contributed by atoms with E-state index in [2.05, 4.69) is 29.8 Å². The summed E-state index contributed by atoms with van der Waals surface area (Å²) < 4.78 is 31.4. The molecule has 1 aliphatic carbocycles. The van der Waals surface area contributed by atoms with Crippen molar-refractivity contribution in [1.82, 2.24) is 20.9 Å². The second-order valence-corrected chi connectivity index (χ2v) is 16.0. The molecule has 49 heavy (non-hydrogen) atoms. The van der Waals surface area contributed by atoms with Crippen molar-refractivity contribution in [3.63, 3.8) is 0 Å². The molecule has 0 radical (unpaired) electrons. The molecular formula is C36H64N4O9. The lowest BCUT2D eigenvalue weighted by atomic mass is 9.78. The van der Waals surface area contributed by atoms with Gasteiger partial charge in [-0.2, -0.15) is 0 Å². The van der Waals surface area contributed by atoms with E-state index in [1.165, 1.54) is 0 Å². The van der Waals surface area contributed by atoms with Crippen LogP contribution in [0.5, 0.6) is 0 Å². The average molecular weight is 697 g/mol. The highest BCUT2D eigenvalue weighted by molar-refractivity contribution is 6.00. The molecule has 0 spiro atoms. The number of ether oxygens (including phenoxy) is 5. The van der Waals surface area contributed by atoms with E-state index in [0.717, 1.165) is 12.8 Å². The third kappa shape index (κ3) is 8.61. The highest BCUT2D eigenvalue weighted by Crippen LogP contribution is 2.39. The van der Waals surface area contributed by atoms with Crippen LogP contribution in [0.4, 0.5) is 4.79 Å². The molecule has 4 N–H and O–H groups in total. The number of ketones is 1. The van der Waals surface area contributed by atoms with Crippen LogP contribution in [0, 0.1) is 17.8 Å². The molecule has 4 fully saturated rings. The molecule has 4 rings (SSSR count). The van der Waals surface area contributed by atoms with Crippen LogP contribution in [0.25, 0.3) is 0 Å². The van der Waals surface area contributed by atoms with Gasteiger partial charge in [-0.25, -0.2) is 4.79 Å². The van der Waals surface area contributed by atoms with Gasteiger partial charge in [0.05, 0.1) is 23.9 Å². The number of cyclic esters (lactones) is 1. The number of likely N-dealkylation sites (N-methyl/N-ethyl adjacent to an activating group) is 1. The number of Topliss-reactive ketones (excluding diaryl/α,β-unsaturated/α-hetero) is 1. The summed E-state index contributed by atoms with van der Waals surface area (Å²) >= 11 is 0. The Balaban J connectivity index is 1.68. The maximum Gasteiger partial charge on any atom is 0.408 e. The van der Waals surface area contributed by atoms with Crippen LogP contribution in [0.2, 0.25) is 0 Å². The average Bonchev–Trinajstić information content (AvgIpc) is 3.70. The number of fused-ring (bicyclic) bond motifs is 1. The molecule has 13 atom stereocenters. The molecule has 282 valence electrons. The molecule has 4 aliphatic rings. The third-order valence-electron chi connectivity index (χ3n) is 11.8. The number of hydrogen-bond donors (Lipinski definition) is 4. The summed E-state index contributed by atoms with van der Waals surface area (Å²) in [7, 11) is 5.45. The molecule has 0 aromatic carbocycles. The van der Waals surface area contributed by atoms with Crippen LogP contribution < -0.4 is 16.0 Å². The Labute approximate surface area is 293 Å². The lowest BCUT2D eigenvalue weighted by molar-refractivity contribution is -0.297. The number of aliphatic hydroxyl groups excluding tert-OH is 1. The summed E-state index contributed by atoms with van der Waals surface area (Å²) in [6, 6.07) is -0.950. The quantitative estimate of drug-likeness (QED) is 0.207. The van der Waals surface area contributed by atoms with Gasteiger partial charge < -0.3 is 49.6 Å². The molecule has 0 aromatic rings. The second kappa shape index (κ2) is 15.8. The van der Waals surface area contributed by atoms with E-state index in [-0.39, 0.29) is 35.4 Å². The Kier molecular flexibility index (Phi) is 12.9. The molecule has 0 bridgehead atoms. The number of esters is 1. The molecule has 3 saturated heterocycles. The number of alkyl carbamates (subject to hydrolysis) is 1. The number of nitrogens with zero attached hydrogens (tertiary/aromatic N) is 1. The van der Waals surface area contributed by atoms with Crippen molar-refractivity contribution in [3.05, 3.63) is 0 Å². The van der Waals surface area contributed by atoms with Gasteiger partial charge in [-0.15, -0.1) is 0 Å². The van der Waals surface area contributed by atoms with E-state index >= 15 is 0 Å². The monoisotopic (exact) mass is 696 g/mol. The fraction of sp³-hybridized carbons (Fsp3) is 0.917. The Hall–Kier alpha value is -1.87. The first-order valence-electron chi connectivity index (χ1n) is 18.4. The predicted molar refractivity (Wildman–Crippen MR) is 184 cm³/mol. The summed E-state index contributed by atoms with van der Waals surface area (Å²) in [5.74, 6) is -3.02. The molecule has 5 unspecified atom stereocenters. The Bertz CT molecular complexity index is 1170. The number of amides is 1. The van der Waals surface area contributed by atoms with Gasteiger partial charge in [0.25, 0.3) is 0 Å². The van der Waals surface area contributed by atoms with Crippen LogP contribution >= 0.6 is 0 Å². The van der Waals surface area contributed by atoms with Crippen LogP contribution in [-0.2, 0) is 33.3 Å².